The summed E-state index contributed by atoms with van der Waals surface area (Å²) < 4.78 is 19.8. The van der Waals surface area contributed by atoms with Crippen LogP contribution in [0, 0.1) is 11.3 Å². The Morgan fingerprint density at radius 1 is 0.634 bits per heavy atom. The van der Waals surface area contributed by atoms with Gasteiger partial charge in [0.15, 0.2) is 0 Å². The standard InChI is InChI=1S/C36H28BNO3/c1-34(2)35(3,4)41-37(40-34)30-20-29-33(24-12-6-5-11-23(24)30)25-18-17-22(21-38)19-28(25)36(29)26-13-7-9-15-31(26)39-32-16-10-8-14-27(32)36/h5-20H,1-4H3. The summed E-state index contributed by atoms with van der Waals surface area (Å²) in [5.74, 6) is 1.63. The van der Waals surface area contributed by atoms with Gasteiger partial charge >= 0.3 is 7.12 Å². The lowest BCUT2D eigenvalue weighted by Gasteiger charge is -2.39. The Bertz CT molecular complexity index is 1910. The van der Waals surface area contributed by atoms with Gasteiger partial charge in [-0.3, -0.25) is 0 Å². The number of rotatable bonds is 1. The zero-order valence-electron chi connectivity index (χ0n) is 23.5. The molecule has 5 heteroatoms. The summed E-state index contributed by atoms with van der Waals surface area (Å²) >= 11 is 0. The van der Waals surface area contributed by atoms with E-state index in [2.05, 4.69) is 100 Å². The van der Waals surface area contributed by atoms with E-state index in [4.69, 9.17) is 14.0 Å². The van der Waals surface area contributed by atoms with Gasteiger partial charge in [0.05, 0.1) is 28.2 Å². The number of nitriles is 1. The van der Waals surface area contributed by atoms with Crippen molar-refractivity contribution in [3.63, 3.8) is 0 Å². The number of hydrogen-bond donors (Lipinski definition) is 0. The fraction of sp³-hybridized carbons (Fsp3) is 0.194. The molecule has 0 amide bonds. The van der Waals surface area contributed by atoms with E-state index in [1.165, 1.54) is 5.56 Å². The van der Waals surface area contributed by atoms with Crippen LogP contribution in [-0.2, 0) is 14.7 Å². The van der Waals surface area contributed by atoms with E-state index in [1.807, 2.05) is 30.3 Å². The molecule has 5 aromatic rings. The predicted octanol–water partition coefficient (Wildman–Crippen LogP) is 7.48. The maximum Gasteiger partial charge on any atom is 0.495 e. The predicted molar refractivity (Wildman–Crippen MR) is 162 cm³/mol. The highest BCUT2D eigenvalue weighted by Crippen LogP contribution is 2.63. The molecule has 2 heterocycles. The van der Waals surface area contributed by atoms with Gasteiger partial charge in [0.1, 0.15) is 11.5 Å². The van der Waals surface area contributed by atoms with Gasteiger partial charge in [-0.05, 0) is 90.4 Å². The molecule has 1 aliphatic carbocycles. The molecule has 0 saturated carbocycles. The van der Waals surface area contributed by atoms with Gasteiger partial charge < -0.3 is 14.0 Å². The Kier molecular flexibility index (Phi) is 4.83. The molecule has 0 N–H and O–H groups in total. The molecule has 2 aliphatic heterocycles. The largest absolute Gasteiger partial charge is 0.495 e. The summed E-state index contributed by atoms with van der Waals surface area (Å²) in [4.78, 5) is 0. The molecule has 0 unspecified atom stereocenters. The fourth-order valence-electron chi connectivity index (χ4n) is 7.02. The highest BCUT2D eigenvalue weighted by atomic mass is 16.7. The van der Waals surface area contributed by atoms with Crippen LogP contribution in [0.3, 0.4) is 0 Å². The molecule has 0 aromatic heterocycles. The van der Waals surface area contributed by atoms with Crippen LogP contribution < -0.4 is 10.2 Å². The van der Waals surface area contributed by atoms with Crippen LogP contribution in [0.2, 0.25) is 0 Å². The van der Waals surface area contributed by atoms with Crippen LogP contribution in [0.25, 0.3) is 21.9 Å². The molecule has 1 saturated heterocycles. The number of para-hydroxylation sites is 2. The summed E-state index contributed by atoms with van der Waals surface area (Å²) in [6, 6.07) is 35.9. The molecule has 3 aliphatic rings. The first-order valence-electron chi connectivity index (χ1n) is 14.1. The molecule has 0 radical (unpaired) electrons. The Morgan fingerprint density at radius 2 is 1.22 bits per heavy atom. The van der Waals surface area contributed by atoms with Crippen molar-refractivity contribution in [2.24, 2.45) is 0 Å². The van der Waals surface area contributed by atoms with Gasteiger partial charge in [-0.2, -0.15) is 5.26 Å². The number of benzene rings is 5. The van der Waals surface area contributed by atoms with Crippen molar-refractivity contribution < 1.29 is 14.0 Å². The number of nitrogens with zero attached hydrogens (tertiary/aromatic N) is 1. The summed E-state index contributed by atoms with van der Waals surface area (Å²) in [6.45, 7) is 8.37. The van der Waals surface area contributed by atoms with E-state index in [-0.39, 0.29) is 0 Å². The summed E-state index contributed by atoms with van der Waals surface area (Å²) in [5.41, 5.74) is 6.66. The van der Waals surface area contributed by atoms with Crippen LogP contribution in [0.4, 0.5) is 0 Å². The van der Waals surface area contributed by atoms with E-state index < -0.39 is 23.7 Å². The molecule has 8 rings (SSSR count). The number of fused-ring (bicyclic) bond motifs is 11. The van der Waals surface area contributed by atoms with E-state index in [0.29, 0.717) is 5.56 Å². The van der Waals surface area contributed by atoms with Crippen LogP contribution in [0.5, 0.6) is 11.5 Å². The molecule has 41 heavy (non-hydrogen) atoms. The molecule has 0 atom stereocenters. The lowest BCUT2D eigenvalue weighted by Crippen LogP contribution is -2.41. The van der Waals surface area contributed by atoms with Crippen molar-refractivity contribution in [2.45, 2.75) is 44.3 Å². The first-order valence-corrected chi connectivity index (χ1v) is 14.1. The number of ether oxygens (including phenoxy) is 1. The molecule has 1 fully saturated rings. The van der Waals surface area contributed by atoms with Crippen molar-refractivity contribution in [3.8, 4) is 28.7 Å². The molecule has 1 spiro atoms. The van der Waals surface area contributed by atoms with Gasteiger partial charge in [0, 0.05) is 11.1 Å². The van der Waals surface area contributed by atoms with Gasteiger partial charge in [-0.25, -0.2) is 0 Å². The lowest BCUT2D eigenvalue weighted by molar-refractivity contribution is 0.00578. The first-order chi connectivity index (χ1) is 19.8. The summed E-state index contributed by atoms with van der Waals surface area (Å²) in [7, 11) is -0.532. The average Bonchev–Trinajstić information content (AvgIpc) is 3.38. The highest BCUT2D eigenvalue weighted by Gasteiger charge is 2.55. The molecular formula is C36H28BNO3. The smallest absolute Gasteiger partial charge is 0.457 e. The highest BCUT2D eigenvalue weighted by molar-refractivity contribution is 6.65. The monoisotopic (exact) mass is 533 g/mol. The van der Waals surface area contributed by atoms with Crippen molar-refractivity contribution in [1.82, 2.24) is 0 Å². The van der Waals surface area contributed by atoms with Gasteiger partial charge in [-0.1, -0.05) is 72.8 Å². The van der Waals surface area contributed by atoms with Crippen LogP contribution >= 0.6 is 0 Å². The van der Waals surface area contributed by atoms with E-state index >= 15 is 0 Å². The molecule has 5 aromatic carbocycles. The molecular weight excluding hydrogens is 505 g/mol. The minimum Gasteiger partial charge on any atom is -0.457 e. The SMILES string of the molecule is CC1(C)OB(c2cc3c(c4ccccc24)-c2ccc(C#N)cc2C32c3ccccc3Oc3ccccc32)OC1(C)C. The second kappa shape index (κ2) is 8.10. The minimum absolute atomic E-state index is 0.474. The third-order valence-corrected chi connectivity index (χ3v) is 9.61. The fourth-order valence-corrected chi connectivity index (χ4v) is 7.02. The Balaban J connectivity index is 1.55. The van der Waals surface area contributed by atoms with Crippen molar-refractivity contribution in [3.05, 3.63) is 125 Å². The summed E-state index contributed by atoms with van der Waals surface area (Å²) in [5, 5.41) is 12.3. The third-order valence-electron chi connectivity index (χ3n) is 9.61. The van der Waals surface area contributed by atoms with Crippen LogP contribution in [-0.4, -0.2) is 18.3 Å². The molecule has 4 nitrogen and oxygen atoms in total. The van der Waals surface area contributed by atoms with Gasteiger partial charge in [0.2, 0.25) is 0 Å². The van der Waals surface area contributed by atoms with E-state index in [1.54, 1.807) is 0 Å². The Morgan fingerprint density at radius 3 is 1.85 bits per heavy atom. The van der Waals surface area contributed by atoms with Crippen LogP contribution in [0.15, 0.2) is 97.1 Å². The zero-order valence-corrected chi connectivity index (χ0v) is 23.5. The average molecular weight is 533 g/mol. The van der Waals surface area contributed by atoms with Crippen molar-refractivity contribution >= 4 is 23.4 Å². The third kappa shape index (κ3) is 3.07. The second-order valence-electron chi connectivity index (χ2n) is 12.2. The normalized spacial score (nSPS) is 18.3. The minimum atomic E-state index is -0.689. The van der Waals surface area contributed by atoms with Gasteiger partial charge in [0.25, 0.3) is 0 Å². The molecule has 198 valence electrons. The maximum absolute atomic E-state index is 10.0. The number of hydrogen-bond acceptors (Lipinski definition) is 4. The van der Waals surface area contributed by atoms with E-state index in [0.717, 1.165) is 55.6 Å². The topological polar surface area (TPSA) is 51.5 Å². The quantitative estimate of drug-likeness (QED) is 0.205. The van der Waals surface area contributed by atoms with Crippen molar-refractivity contribution in [2.75, 3.05) is 0 Å². The summed E-state index contributed by atoms with van der Waals surface area (Å²) in [6.07, 6.45) is 0. The van der Waals surface area contributed by atoms with Crippen molar-refractivity contribution in [1.29, 1.82) is 5.26 Å². The zero-order chi connectivity index (χ0) is 28.1. The lowest BCUT2D eigenvalue weighted by atomic mass is 9.64. The molecule has 0 bridgehead atoms. The Labute approximate surface area is 240 Å². The van der Waals surface area contributed by atoms with Gasteiger partial charge in [-0.15, -0.1) is 0 Å². The first kappa shape index (κ1) is 24.4. The Hall–Kier alpha value is -4.37. The van der Waals surface area contributed by atoms with Crippen LogP contribution in [0.1, 0.15) is 55.5 Å². The maximum atomic E-state index is 10.0. The second-order valence-corrected chi connectivity index (χ2v) is 12.2. The van der Waals surface area contributed by atoms with E-state index in [9.17, 15) is 5.26 Å².